The summed E-state index contributed by atoms with van der Waals surface area (Å²) >= 11 is 0. The van der Waals surface area contributed by atoms with E-state index >= 15 is 0 Å². The summed E-state index contributed by atoms with van der Waals surface area (Å²) in [6, 6.07) is 0. The number of nitrogens with two attached hydrogens (primary N) is 1. The van der Waals surface area contributed by atoms with Crippen LogP contribution in [-0.4, -0.2) is 35.8 Å². The van der Waals surface area contributed by atoms with Crippen LogP contribution in [0, 0.1) is 0 Å². The molecule has 0 aromatic heterocycles. The van der Waals surface area contributed by atoms with Gasteiger partial charge in [0.25, 0.3) is 0 Å². The van der Waals surface area contributed by atoms with Crippen LogP contribution >= 0.6 is 0 Å². The maximum Gasteiger partial charge on any atom is 0.434 e. The Morgan fingerprint density at radius 1 is 1.17 bits per heavy atom. The van der Waals surface area contributed by atoms with Crippen LogP contribution in [0.25, 0.3) is 0 Å². The fourth-order valence-electron chi connectivity index (χ4n) is 1.09. The SMILES string of the molecule is CC(C)(N)C(C)(C)NOS(=O)(=O)ON1OONC(C)(C)C1(C)C. The van der Waals surface area contributed by atoms with Crippen LogP contribution in [0.3, 0.4) is 0 Å². The number of hydroxylamine groups is 4. The molecular weight excluding hydrogens is 328 g/mol. The zero-order valence-electron chi connectivity index (χ0n) is 14.9. The number of nitrogens with zero attached hydrogens (tertiary/aromatic N) is 1. The van der Waals surface area contributed by atoms with Crippen LogP contribution in [0.4, 0.5) is 0 Å². The fraction of sp³-hybridized carbons (Fsp3) is 1.00. The van der Waals surface area contributed by atoms with E-state index in [1.165, 1.54) is 0 Å². The van der Waals surface area contributed by atoms with Gasteiger partial charge >= 0.3 is 10.4 Å². The van der Waals surface area contributed by atoms with Crippen molar-refractivity contribution in [1.29, 1.82) is 0 Å². The molecule has 0 aromatic carbocycles. The predicted octanol–water partition coefficient (Wildman–Crippen LogP) is 0.441. The van der Waals surface area contributed by atoms with Crippen molar-refractivity contribution in [3.8, 4) is 0 Å². The van der Waals surface area contributed by atoms with E-state index in [0.717, 1.165) is 0 Å². The Bertz CT molecular complexity index is 526. The zero-order valence-corrected chi connectivity index (χ0v) is 15.7. The van der Waals surface area contributed by atoms with E-state index in [4.69, 9.17) is 19.3 Å². The normalized spacial score (nSPS) is 23.0. The lowest BCUT2D eigenvalue weighted by molar-refractivity contribution is -0.580. The van der Waals surface area contributed by atoms with Gasteiger partial charge in [0, 0.05) is 5.54 Å². The van der Waals surface area contributed by atoms with Crippen LogP contribution in [0.5, 0.6) is 0 Å². The highest BCUT2D eigenvalue weighted by molar-refractivity contribution is 7.81. The predicted molar refractivity (Wildman–Crippen MR) is 81.9 cm³/mol. The number of rotatable bonds is 6. The van der Waals surface area contributed by atoms with Crippen molar-refractivity contribution in [2.24, 2.45) is 5.73 Å². The number of nitrogens with one attached hydrogen (secondary N) is 2. The van der Waals surface area contributed by atoms with Crippen molar-refractivity contribution < 1.29 is 27.0 Å². The van der Waals surface area contributed by atoms with Gasteiger partial charge in [0.05, 0.1) is 16.6 Å². The molecule has 0 bridgehead atoms. The van der Waals surface area contributed by atoms with Crippen LogP contribution in [0.15, 0.2) is 0 Å². The first-order valence-electron chi connectivity index (χ1n) is 7.12. The highest BCUT2D eigenvalue weighted by Gasteiger charge is 2.51. The molecule has 0 saturated carbocycles. The molecule has 0 atom stereocenters. The van der Waals surface area contributed by atoms with E-state index in [0.29, 0.717) is 5.23 Å². The Labute approximate surface area is 137 Å². The first kappa shape index (κ1) is 20.7. The lowest BCUT2D eigenvalue weighted by Gasteiger charge is -2.48. The van der Waals surface area contributed by atoms with Crippen LogP contribution < -0.4 is 16.7 Å². The van der Waals surface area contributed by atoms with Crippen molar-refractivity contribution in [2.75, 3.05) is 0 Å². The van der Waals surface area contributed by atoms with E-state index in [1.807, 2.05) is 0 Å². The molecule has 0 aliphatic carbocycles. The molecule has 1 heterocycles. The zero-order chi connectivity index (χ0) is 18.3. The standard InChI is InChI=1S/C12H28N4O6S/c1-9(2,13)10(3,4)15-20-23(17,18)22-16-12(7,8)11(5,6)14-19-21-16/h14-15H,13H2,1-8H3. The Morgan fingerprint density at radius 2 is 1.70 bits per heavy atom. The van der Waals surface area contributed by atoms with Crippen molar-refractivity contribution in [1.82, 2.24) is 16.2 Å². The summed E-state index contributed by atoms with van der Waals surface area (Å²) in [6.45, 7) is 13.8. The van der Waals surface area contributed by atoms with Gasteiger partial charge < -0.3 is 5.73 Å². The lowest BCUT2D eigenvalue weighted by atomic mass is 9.84. The summed E-state index contributed by atoms with van der Waals surface area (Å²) in [5, 5.41) is 0.709. The fourth-order valence-corrected chi connectivity index (χ4v) is 1.81. The van der Waals surface area contributed by atoms with E-state index in [1.54, 1.807) is 55.4 Å². The quantitative estimate of drug-likeness (QED) is 0.456. The summed E-state index contributed by atoms with van der Waals surface area (Å²) < 4.78 is 33.6. The molecule has 0 amide bonds. The van der Waals surface area contributed by atoms with Gasteiger partial charge in [-0.05, 0) is 60.6 Å². The van der Waals surface area contributed by atoms with E-state index in [-0.39, 0.29) is 0 Å². The van der Waals surface area contributed by atoms with Gasteiger partial charge in [-0.15, -0.1) is 9.27 Å². The molecule has 1 rings (SSSR count). The van der Waals surface area contributed by atoms with Gasteiger partial charge in [0.1, 0.15) is 0 Å². The molecule has 0 unspecified atom stereocenters. The summed E-state index contributed by atoms with van der Waals surface area (Å²) in [6.07, 6.45) is 0. The van der Waals surface area contributed by atoms with E-state index in [2.05, 4.69) is 15.9 Å². The highest BCUT2D eigenvalue weighted by atomic mass is 32.3. The van der Waals surface area contributed by atoms with Crippen LogP contribution in [0.2, 0.25) is 0 Å². The van der Waals surface area contributed by atoms with E-state index in [9.17, 15) is 8.42 Å². The average molecular weight is 356 g/mol. The second-order valence-electron chi connectivity index (χ2n) is 7.72. The Morgan fingerprint density at radius 3 is 2.17 bits per heavy atom. The molecule has 1 aliphatic rings. The molecule has 0 spiro atoms. The first-order chi connectivity index (χ1) is 10.0. The third-order valence-corrected chi connectivity index (χ3v) is 5.16. The minimum atomic E-state index is -4.47. The lowest BCUT2D eigenvalue weighted by Crippen LogP contribution is -2.68. The number of hydrogen-bond donors (Lipinski definition) is 3. The second kappa shape index (κ2) is 6.17. The van der Waals surface area contributed by atoms with E-state index < -0.39 is 32.6 Å². The molecule has 1 saturated heterocycles. The molecule has 11 heteroatoms. The summed E-state index contributed by atoms with van der Waals surface area (Å²) in [5.74, 6) is 0. The van der Waals surface area contributed by atoms with Crippen molar-refractivity contribution in [3.05, 3.63) is 0 Å². The smallest absolute Gasteiger partial charge is 0.324 e. The molecule has 0 aromatic rings. The Kier molecular flexibility index (Phi) is 5.55. The van der Waals surface area contributed by atoms with Gasteiger partial charge in [-0.3, -0.25) is 0 Å². The molecule has 10 nitrogen and oxygen atoms in total. The molecule has 138 valence electrons. The topological polar surface area (TPSA) is 124 Å². The first-order valence-corrected chi connectivity index (χ1v) is 8.45. The highest BCUT2D eigenvalue weighted by Crippen LogP contribution is 2.32. The summed E-state index contributed by atoms with van der Waals surface area (Å²) in [5.41, 5.74) is 7.82. The second-order valence-corrected chi connectivity index (χ2v) is 8.85. The molecule has 4 N–H and O–H groups in total. The minimum absolute atomic E-state index is 0.674. The maximum absolute atomic E-state index is 12.0. The van der Waals surface area contributed by atoms with Crippen LogP contribution in [-0.2, 0) is 28.9 Å². The van der Waals surface area contributed by atoms with Gasteiger partial charge in [0.2, 0.25) is 0 Å². The number of hydrogen-bond acceptors (Lipinski definition) is 10. The minimum Gasteiger partial charge on any atom is -0.324 e. The van der Waals surface area contributed by atoms with Gasteiger partial charge in [-0.25, -0.2) is 0 Å². The summed E-state index contributed by atoms with van der Waals surface area (Å²) in [4.78, 5) is 9.42. The average Bonchev–Trinajstić information content (AvgIpc) is 2.32. The molecule has 23 heavy (non-hydrogen) atoms. The van der Waals surface area contributed by atoms with Crippen LogP contribution in [0.1, 0.15) is 55.4 Å². The third kappa shape index (κ3) is 4.59. The Hall–Kier alpha value is -0.370. The molecule has 1 fully saturated rings. The van der Waals surface area contributed by atoms with Crippen molar-refractivity contribution in [3.63, 3.8) is 0 Å². The summed E-state index contributed by atoms with van der Waals surface area (Å²) in [7, 11) is -4.47. The van der Waals surface area contributed by atoms with Gasteiger partial charge in [0.15, 0.2) is 0 Å². The van der Waals surface area contributed by atoms with Crippen molar-refractivity contribution in [2.45, 2.75) is 77.5 Å². The maximum atomic E-state index is 12.0. The largest absolute Gasteiger partial charge is 0.434 e. The Balaban J connectivity index is 2.80. The molecule has 0 radical (unpaired) electrons. The van der Waals surface area contributed by atoms with Crippen molar-refractivity contribution >= 4 is 10.4 Å². The van der Waals surface area contributed by atoms with Gasteiger partial charge in [-0.1, -0.05) is 4.99 Å². The third-order valence-electron chi connectivity index (χ3n) is 4.56. The molecular formula is C12H28N4O6S. The van der Waals surface area contributed by atoms with Gasteiger partial charge in [-0.2, -0.15) is 23.7 Å². The monoisotopic (exact) mass is 356 g/mol. The molecule has 1 aliphatic heterocycles.